The van der Waals surface area contributed by atoms with Crippen molar-refractivity contribution in [3.05, 3.63) is 0 Å². The SMILES string of the molecule is CCN1C[C@]2(CO)CC[C@H](OC)[C@@]34[C@@H]5C[C@@H]6[C@H](O)[C@H]5[C@](O)(C[C@@H]6OC)[C@@H](C[C@H]23)[C@@H]14. The Kier molecular flexibility index (Phi) is 4.00. The first kappa shape index (κ1) is 19.4. The van der Waals surface area contributed by atoms with E-state index >= 15 is 0 Å². The van der Waals surface area contributed by atoms with Crippen LogP contribution < -0.4 is 0 Å². The second-order valence-electron chi connectivity index (χ2n) is 11.2. The molecule has 3 N–H and O–H groups in total. The number of hydrogen-bond acceptors (Lipinski definition) is 6. The third-order valence-electron chi connectivity index (χ3n) is 11.0. The molecule has 6 fully saturated rings. The van der Waals surface area contributed by atoms with E-state index in [1.807, 2.05) is 7.11 Å². The van der Waals surface area contributed by atoms with Crippen LogP contribution >= 0.6 is 0 Å². The lowest BCUT2D eigenvalue weighted by molar-refractivity contribution is -0.275. The molecule has 7 bridgehead atoms. The van der Waals surface area contributed by atoms with Crippen molar-refractivity contribution in [3.63, 3.8) is 0 Å². The summed E-state index contributed by atoms with van der Waals surface area (Å²) in [7, 11) is 3.58. The van der Waals surface area contributed by atoms with E-state index in [2.05, 4.69) is 11.8 Å². The van der Waals surface area contributed by atoms with E-state index in [1.54, 1.807) is 7.11 Å². The van der Waals surface area contributed by atoms with Gasteiger partial charge in [0.05, 0.1) is 30.5 Å². The summed E-state index contributed by atoms with van der Waals surface area (Å²) in [6.07, 6.45) is 4.02. The molecular weight excluding hydrogens is 370 g/mol. The molecule has 0 aromatic rings. The highest BCUT2D eigenvalue weighted by molar-refractivity contribution is 5.33. The molecule has 1 heterocycles. The van der Waals surface area contributed by atoms with Gasteiger partial charge in [-0.05, 0) is 44.1 Å². The van der Waals surface area contributed by atoms with Crippen LogP contribution in [0.25, 0.3) is 0 Å². The lowest BCUT2D eigenvalue weighted by Crippen LogP contribution is -2.76. The predicted molar refractivity (Wildman–Crippen MR) is 106 cm³/mol. The summed E-state index contributed by atoms with van der Waals surface area (Å²) in [5, 5.41) is 34.3. The van der Waals surface area contributed by atoms with E-state index in [0.717, 1.165) is 38.8 Å². The molecule has 12 atom stereocenters. The first-order valence-electron chi connectivity index (χ1n) is 11.7. The second-order valence-corrected chi connectivity index (χ2v) is 11.2. The fourth-order valence-electron chi connectivity index (χ4n) is 10.4. The Morgan fingerprint density at radius 1 is 1.14 bits per heavy atom. The number of methoxy groups -OCH3 is 2. The molecule has 6 rings (SSSR count). The van der Waals surface area contributed by atoms with Crippen LogP contribution in [-0.2, 0) is 9.47 Å². The van der Waals surface area contributed by atoms with Crippen LogP contribution in [0.3, 0.4) is 0 Å². The van der Waals surface area contributed by atoms with Gasteiger partial charge in [-0.3, -0.25) is 4.90 Å². The van der Waals surface area contributed by atoms with Gasteiger partial charge >= 0.3 is 0 Å². The summed E-state index contributed by atoms with van der Waals surface area (Å²) in [6.45, 7) is 4.29. The summed E-state index contributed by atoms with van der Waals surface area (Å²) in [4.78, 5) is 2.57. The molecule has 5 aliphatic carbocycles. The second kappa shape index (κ2) is 5.96. The van der Waals surface area contributed by atoms with Crippen LogP contribution in [0.15, 0.2) is 0 Å². The molecule has 1 spiro atoms. The number of nitrogens with zero attached hydrogens (tertiary/aromatic N) is 1. The number of aliphatic hydroxyl groups is 3. The van der Waals surface area contributed by atoms with Crippen LogP contribution in [0.2, 0.25) is 0 Å². The Morgan fingerprint density at radius 3 is 2.59 bits per heavy atom. The maximum Gasteiger partial charge on any atom is 0.0771 e. The smallest absolute Gasteiger partial charge is 0.0771 e. The van der Waals surface area contributed by atoms with E-state index < -0.39 is 11.7 Å². The molecule has 0 aromatic carbocycles. The van der Waals surface area contributed by atoms with Crippen LogP contribution in [0, 0.1) is 40.4 Å². The van der Waals surface area contributed by atoms with Crippen molar-refractivity contribution in [2.24, 2.45) is 40.4 Å². The highest BCUT2D eigenvalue weighted by atomic mass is 16.5. The summed E-state index contributed by atoms with van der Waals surface area (Å²) < 4.78 is 12.1. The maximum atomic E-state index is 12.3. The Balaban J connectivity index is 1.60. The third kappa shape index (κ3) is 1.89. The topological polar surface area (TPSA) is 82.4 Å². The average molecular weight is 408 g/mol. The Hall–Kier alpha value is -0.240. The van der Waals surface area contributed by atoms with Crippen molar-refractivity contribution in [2.75, 3.05) is 33.9 Å². The van der Waals surface area contributed by atoms with Crippen molar-refractivity contribution in [1.29, 1.82) is 0 Å². The summed E-state index contributed by atoms with van der Waals surface area (Å²) in [6, 6.07) is 0.273. The summed E-state index contributed by atoms with van der Waals surface area (Å²) in [5.41, 5.74) is -1.07. The standard InChI is InChI=1S/C23H37NO5/c1-4-24-10-21(11-25)6-5-17(29-3)23-13-7-12-15(28-2)9-22(27,18(13)19(12)26)14(20(23)24)8-16(21)23/h12-20,25-27H,4-11H2,1-3H3/t12-,13+,14-,15-,16+,17-,18-,19-,20+,21-,22-,23+/m0/s1. The summed E-state index contributed by atoms with van der Waals surface area (Å²) >= 11 is 0. The number of aliphatic hydroxyl groups excluding tert-OH is 2. The molecule has 164 valence electrons. The largest absolute Gasteiger partial charge is 0.396 e. The molecule has 1 aliphatic heterocycles. The lowest BCUT2D eigenvalue weighted by Gasteiger charge is -2.69. The maximum absolute atomic E-state index is 12.3. The lowest BCUT2D eigenvalue weighted by atomic mass is 9.43. The van der Waals surface area contributed by atoms with Gasteiger partial charge in [-0.1, -0.05) is 6.92 Å². The Labute approximate surface area is 173 Å². The molecule has 29 heavy (non-hydrogen) atoms. The van der Waals surface area contributed by atoms with Crippen LogP contribution in [0.4, 0.5) is 0 Å². The predicted octanol–water partition coefficient (Wildman–Crippen LogP) is 0.877. The van der Waals surface area contributed by atoms with E-state index in [9.17, 15) is 15.3 Å². The molecule has 0 aromatic heterocycles. The van der Waals surface area contributed by atoms with Crippen LogP contribution in [0.1, 0.15) is 39.0 Å². The zero-order valence-corrected chi connectivity index (χ0v) is 18.0. The molecule has 6 heteroatoms. The van der Waals surface area contributed by atoms with Gasteiger partial charge in [0.15, 0.2) is 0 Å². The number of likely N-dealkylation sites (tertiary alicyclic amines) is 1. The Bertz CT molecular complexity index is 705. The molecule has 6 aliphatic rings. The summed E-state index contributed by atoms with van der Waals surface area (Å²) in [5.74, 6) is 0.719. The molecule has 6 nitrogen and oxygen atoms in total. The van der Waals surface area contributed by atoms with Gasteiger partial charge < -0.3 is 24.8 Å². The highest BCUT2D eigenvalue weighted by Gasteiger charge is 2.83. The molecule has 5 saturated carbocycles. The zero-order chi connectivity index (χ0) is 20.3. The van der Waals surface area contributed by atoms with Gasteiger partial charge in [0, 0.05) is 61.8 Å². The van der Waals surface area contributed by atoms with Gasteiger partial charge in [0.1, 0.15) is 0 Å². The highest BCUT2D eigenvalue weighted by Crippen LogP contribution is 2.79. The number of rotatable bonds is 4. The van der Waals surface area contributed by atoms with Crippen molar-refractivity contribution in [1.82, 2.24) is 4.90 Å². The monoisotopic (exact) mass is 407 g/mol. The van der Waals surface area contributed by atoms with Crippen molar-refractivity contribution in [3.8, 4) is 0 Å². The van der Waals surface area contributed by atoms with Crippen molar-refractivity contribution >= 4 is 0 Å². The number of fused-ring (bicyclic) bond motifs is 2. The van der Waals surface area contributed by atoms with Gasteiger partial charge in [0.2, 0.25) is 0 Å². The Morgan fingerprint density at radius 2 is 1.93 bits per heavy atom. The fourth-order valence-corrected chi connectivity index (χ4v) is 10.4. The van der Waals surface area contributed by atoms with Crippen molar-refractivity contribution in [2.45, 2.75) is 69.0 Å². The minimum Gasteiger partial charge on any atom is -0.396 e. The molecule has 1 saturated heterocycles. The molecule has 0 amide bonds. The number of hydrogen-bond donors (Lipinski definition) is 3. The quantitative estimate of drug-likeness (QED) is 0.642. The number of piperidine rings is 1. The third-order valence-corrected chi connectivity index (χ3v) is 11.0. The van der Waals surface area contributed by atoms with E-state index in [-0.39, 0.29) is 59.4 Å². The first-order chi connectivity index (χ1) is 13.9. The van der Waals surface area contributed by atoms with E-state index in [1.165, 1.54) is 0 Å². The van der Waals surface area contributed by atoms with Gasteiger partial charge in [-0.2, -0.15) is 0 Å². The zero-order valence-electron chi connectivity index (χ0n) is 18.0. The first-order valence-corrected chi connectivity index (χ1v) is 11.7. The van der Waals surface area contributed by atoms with E-state index in [4.69, 9.17) is 9.47 Å². The van der Waals surface area contributed by atoms with E-state index in [0.29, 0.717) is 12.3 Å². The average Bonchev–Trinajstić information content (AvgIpc) is 3.14. The van der Waals surface area contributed by atoms with Crippen LogP contribution in [0.5, 0.6) is 0 Å². The van der Waals surface area contributed by atoms with Crippen LogP contribution in [-0.4, -0.2) is 84.1 Å². The molecular formula is C23H37NO5. The van der Waals surface area contributed by atoms with Gasteiger partial charge in [-0.25, -0.2) is 0 Å². The fraction of sp³-hybridized carbons (Fsp3) is 1.00. The van der Waals surface area contributed by atoms with Gasteiger partial charge in [-0.15, -0.1) is 0 Å². The minimum atomic E-state index is -0.887. The minimum absolute atomic E-state index is 0.0749. The normalized spacial score (nSPS) is 62.5. The molecule has 0 radical (unpaired) electrons. The number of ether oxygens (including phenoxy) is 2. The van der Waals surface area contributed by atoms with Gasteiger partial charge in [0.25, 0.3) is 0 Å². The van der Waals surface area contributed by atoms with Crippen molar-refractivity contribution < 1.29 is 24.8 Å². The molecule has 0 unspecified atom stereocenters.